The number of aromatic nitrogens is 2. The molecule has 0 radical (unpaired) electrons. The van der Waals surface area contributed by atoms with Gasteiger partial charge in [0.25, 0.3) is 0 Å². The maximum atomic E-state index is 4.58. The molecule has 0 amide bonds. The number of nitrogens with one attached hydrogen (secondary N) is 1. The van der Waals surface area contributed by atoms with Gasteiger partial charge < -0.3 is 5.32 Å². The third-order valence-corrected chi connectivity index (χ3v) is 5.05. The van der Waals surface area contributed by atoms with Crippen molar-refractivity contribution in [1.29, 1.82) is 0 Å². The van der Waals surface area contributed by atoms with Crippen molar-refractivity contribution < 1.29 is 0 Å². The first-order chi connectivity index (χ1) is 10.3. The molecular weight excluding hydrogens is 258 g/mol. The van der Waals surface area contributed by atoms with Crippen molar-refractivity contribution in [2.75, 3.05) is 7.05 Å². The summed E-state index contributed by atoms with van der Waals surface area (Å²) in [5.41, 5.74) is 3.36. The molecule has 3 nitrogen and oxygen atoms in total. The molecule has 3 rings (SSSR count). The summed E-state index contributed by atoms with van der Waals surface area (Å²) < 4.78 is 0. The van der Waals surface area contributed by atoms with Crippen molar-refractivity contribution in [3.8, 4) is 0 Å². The molecule has 3 unspecified atom stereocenters. The summed E-state index contributed by atoms with van der Waals surface area (Å²) in [6.45, 7) is 2.32. The number of benzene rings is 1. The predicted octanol–water partition coefficient (Wildman–Crippen LogP) is 4.11. The topological polar surface area (TPSA) is 37.8 Å². The van der Waals surface area contributed by atoms with Crippen molar-refractivity contribution in [1.82, 2.24) is 15.3 Å². The average molecular weight is 283 g/mol. The Morgan fingerprint density at radius 3 is 2.90 bits per heavy atom. The molecular formula is C18H25N3. The summed E-state index contributed by atoms with van der Waals surface area (Å²) in [5, 5.41) is 3.56. The molecule has 21 heavy (non-hydrogen) atoms. The van der Waals surface area contributed by atoms with Gasteiger partial charge in [-0.25, -0.2) is 0 Å². The minimum absolute atomic E-state index is 0.389. The van der Waals surface area contributed by atoms with E-state index in [1.54, 1.807) is 12.4 Å². The number of rotatable bonds is 4. The van der Waals surface area contributed by atoms with Gasteiger partial charge in [0, 0.05) is 18.4 Å². The highest BCUT2D eigenvalue weighted by Crippen LogP contribution is 2.39. The fourth-order valence-corrected chi connectivity index (χ4v) is 3.92. The van der Waals surface area contributed by atoms with E-state index >= 15 is 0 Å². The number of hydrogen-bond acceptors (Lipinski definition) is 3. The highest BCUT2D eigenvalue weighted by molar-refractivity contribution is 5.78. The number of hydrogen-bond donors (Lipinski definition) is 1. The second-order valence-corrected chi connectivity index (χ2v) is 6.24. The summed E-state index contributed by atoms with van der Waals surface area (Å²) in [6, 6.07) is 6.76. The molecule has 1 aliphatic carbocycles. The van der Waals surface area contributed by atoms with E-state index < -0.39 is 0 Å². The molecule has 1 aromatic carbocycles. The van der Waals surface area contributed by atoms with Crippen LogP contribution in [-0.2, 0) is 0 Å². The number of nitrogens with zero attached hydrogens (tertiary/aromatic N) is 2. The van der Waals surface area contributed by atoms with Crippen LogP contribution in [0.2, 0.25) is 0 Å². The summed E-state index contributed by atoms with van der Waals surface area (Å²) in [4.78, 5) is 9.03. The Balaban J connectivity index is 1.94. The van der Waals surface area contributed by atoms with Crippen LogP contribution in [0.4, 0.5) is 0 Å². The zero-order valence-electron chi connectivity index (χ0n) is 13.0. The molecule has 0 aliphatic heterocycles. The first-order valence-electron chi connectivity index (χ1n) is 8.20. The van der Waals surface area contributed by atoms with Crippen LogP contribution in [0, 0.1) is 11.8 Å². The standard InChI is InChI=1S/C18H25N3/c1-3-13-6-4-7-14(12-13)17(19-2)15-8-5-9-16-18(15)21-11-10-20-16/h5,8-11,13-14,17,19H,3-4,6-7,12H2,1-2H3. The van der Waals surface area contributed by atoms with Crippen LogP contribution in [0.5, 0.6) is 0 Å². The molecule has 112 valence electrons. The zero-order valence-corrected chi connectivity index (χ0v) is 13.0. The van der Waals surface area contributed by atoms with Crippen LogP contribution in [0.25, 0.3) is 11.0 Å². The van der Waals surface area contributed by atoms with Gasteiger partial charge in [0.2, 0.25) is 0 Å². The second kappa shape index (κ2) is 6.52. The number of fused-ring (bicyclic) bond motifs is 1. The van der Waals surface area contributed by atoms with Gasteiger partial charge in [0.05, 0.1) is 11.0 Å². The van der Waals surface area contributed by atoms with E-state index in [-0.39, 0.29) is 0 Å². The minimum Gasteiger partial charge on any atom is -0.313 e. The second-order valence-electron chi connectivity index (χ2n) is 6.24. The first kappa shape index (κ1) is 14.5. The third-order valence-electron chi connectivity index (χ3n) is 5.05. The molecule has 0 bridgehead atoms. The van der Waals surface area contributed by atoms with Crippen molar-refractivity contribution in [3.05, 3.63) is 36.2 Å². The van der Waals surface area contributed by atoms with Crippen molar-refractivity contribution in [3.63, 3.8) is 0 Å². The van der Waals surface area contributed by atoms with E-state index in [0.29, 0.717) is 12.0 Å². The summed E-state index contributed by atoms with van der Waals surface area (Å²) in [7, 11) is 2.08. The van der Waals surface area contributed by atoms with Crippen LogP contribution in [0.1, 0.15) is 50.6 Å². The van der Waals surface area contributed by atoms with Gasteiger partial charge in [-0.1, -0.05) is 38.3 Å². The fraction of sp³-hybridized carbons (Fsp3) is 0.556. The summed E-state index contributed by atoms with van der Waals surface area (Å²) in [6.07, 6.45) is 10.3. The molecule has 1 aromatic heterocycles. The average Bonchev–Trinajstić information content (AvgIpc) is 2.56. The van der Waals surface area contributed by atoms with Crippen molar-refractivity contribution >= 4 is 11.0 Å². The van der Waals surface area contributed by atoms with Crippen LogP contribution >= 0.6 is 0 Å². The van der Waals surface area contributed by atoms with Crippen LogP contribution in [-0.4, -0.2) is 17.0 Å². The Labute approximate surface area is 127 Å². The van der Waals surface area contributed by atoms with Crippen molar-refractivity contribution in [2.45, 2.75) is 45.1 Å². The Bertz CT molecular complexity index is 591. The lowest BCUT2D eigenvalue weighted by Crippen LogP contribution is -2.29. The quantitative estimate of drug-likeness (QED) is 0.917. The Kier molecular flexibility index (Phi) is 4.49. The highest BCUT2D eigenvalue weighted by atomic mass is 14.9. The fourth-order valence-electron chi connectivity index (χ4n) is 3.92. The van der Waals surface area contributed by atoms with Gasteiger partial charge in [-0.05, 0) is 43.4 Å². The zero-order chi connectivity index (χ0) is 14.7. The van der Waals surface area contributed by atoms with Gasteiger partial charge in [-0.3, -0.25) is 9.97 Å². The molecule has 0 spiro atoms. The van der Waals surface area contributed by atoms with Gasteiger partial charge in [-0.15, -0.1) is 0 Å². The van der Waals surface area contributed by atoms with Gasteiger partial charge in [0.15, 0.2) is 0 Å². The smallest absolute Gasteiger partial charge is 0.0934 e. The van der Waals surface area contributed by atoms with E-state index in [0.717, 1.165) is 17.0 Å². The lowest BCUT2D eigenvalue weighted by Gasteiger charge is -2.34. The number of para-hydroxylation sites is 1. The van der Waals surface area contributed by atoms with E-state index in [2.05, 4.69) is 41.4 Å². The third kappa shape index (κ3) is 2.93. The summed E-state index contributed by atoms with van der Waals surface area (Å²) >= 11 is 0. The minimum atomic E-state index is 0.389. The predicted molar refractivity (Wildman–Crippen MR) is 87.1 cm³/mol. The molecule has 3 heteroatoms. The van der Waals surface area contributed by atoms with Gasteiger partial charge in [0.1, 0.15) is 0 Å². The largest absolute Gasteiger partial charge is 0.313 e. The van der Waals surface area contributed by atoms with Gasteiger partial charge >= 0.3 is 0 Å². The molecule has 2 aromatic rings. The lowest BCUT2D eigenvalue weighted by molar-refractivity contribution is 0.215. The normalized spacial score (nSPS) is 24.1. The summed E-state index contributed by atoms with van der Waals surface area (Å²) in [5.74, 6) is 1.60. The van der Waals surface area contributed by atoms with E-state index in [4.69, 9.17) is 0 Å². The van der Waals surface area contributed by atoms with Crippen molar-refractivity contribution in [2.24, 2.45) is 11.8 Å². The molecule has 1 saturated carbocycles. The first-order valence-corrected chi connectivity index (χ1v) is 8.20. The molecule has 1 heterocycles. The van der Waals surface area contributed by atoms with Crippen LogP contribution in [0.3, 0.4) is 0 Å². The maximum Gasteiger partial charge on any atom is 0.0934 e. The maximum absolute atomic E-state index is 4.58. The molecule has 1 fully saturated rings. The SMILES string of the molecule is CCC1CCCC(C(NC)c2cccc3nccnc23)C1. The Morgan fingerprint density at radius 2 is 2.10 bits per heavy atom. The Morgan fingerprint density at radius 1 is 1.24 bits per heavy atom. The highest BCUT2D eigenvalue weighted by Gasteiger charge is 2.29. The van der Waals surface area contributed by atoms with E-state index in [1.807, 2.05) is 6.07 Å². The molecule has 3 atom stereocenters. The van der Waals surface area contributed by atoms with E-state index in [9.17, 15) is 0 Å². The molecule has 0 saturated heterocycles. The van der Waals surface area contributed by atoms with E-state index in [1.165, 1.54) is 37.7 Å². The molecule has 1 aliphatic rings. The van der Waals surface area contributed by atoms with Crippen LogP contribution < -0.4 is 5.32 Å². The monoisotopic (exact) mass is 283 g/mol. The van der Waals surface area contributed by atoms with Crippen LogP contribution in [0.15, 0.2) is 30.6 Å². The van der Waals surface area contributed by atoms with Gasteiger partial charge in [-0.2, -0.15) is 0 Å². The molecule has 1 N–H and O–H groups in total. The lowest BCUT2D eigenvalue weighted by atomic mass is 9.75. The Hall–Kier alpha value is -1.48.